The second kappa shape index (κ2) is 8.22. The zero-order chi connectivity index (χ0) is 22.1. The highest BCUT2D eigenvalue weighted by molar-refractivity contribution is 6.06. The number of anilines is 3. The fourth-order valence-electron chi connectivity index (χ4n) is 3.87. The van der Waals surface area contributed by atoms with Gasteiger partial charge in [0.05, 0.1) is 16.9 Å². The lowest BCUT2D eigenvalue weighted by Gasteiger charge is -2.33. The third kappa shape index (κ3) is 4.14. The molecule has 0 aromatic heterocycles. The van der Waals surface area contributed by atoms with Gasteiger partial charge in [0.15, 0.2) is 11.9 Å². The lowest BCUT2D eigenvalue weighted by atomic mass is 10.1. The van der Waals surface area contributed by atoms with Crippen molar-refractivity contribution in [2.45, 2.75) is 38.8 Å². The monoisotopic (exact) mass is 421 g/mol. The van der Waals surface area contributed by atoms with Crippen LogP contribution in [0.2, 0.25) is 0 Å². The Bertz CT molecular complexity index is 1060. The van der Waals surface area contributed by atoms with Crippen LogP contribution in [0.15, 0.2) is 42.5 Å². The third-order valence-electron chi connectivity index (χ3n) is 5.57. The van der Waals surface area contributed by atoms with Crippen LogP contribution in [-0.4, -0.2) is 42.3 Å². The Kier molecular flexibility index (Phi) is 5.46. The van der Waals surface area contributed by atoms with Crippen molar-refractivity contribution in [2.24, 2.45) is 0 Å². The third-order valence-corrected chi connectivity index (χ3v) is 5.57. The van der Waals surface area contributed by atoms with Gasteiger partial charge in [-0.3, -0.25) is 14.4 Å². The van der Waals surface area contributed by atoms with E-state index in [9.17, 15) is 19.2 Å². The molecule has 160 valence electrons. The maximum Gasteiger partial charge on any atom is 0.338 e. The van der Waals surface area contributed by atoms with Gasteiger partial charge >= 0.3 is 5.97 Å². The number of esters is 1. The molecule has 1 saturated heterocycles. The van der Waals surface area contributed by atoms with Crippen LogP contribution in [0.4, 0.5) is 17.1 Å². The topological polar surface area (TPSA) is 105 Å². The van der Waals surface area contributed by atoms with Gasteiger partial charge in [0.1, 0.15) is 6.04 Å². The van der Waals surface area contributed by atoms with Crippen molar-refractivity contribution >= 4 is 40.6 Å². The molecule has 2 aromatic carbocycles. The van der Waals surface area contributed by atoms with Gasteiger partial charge in [0.25, 0.3) is 5.91 Å². The number of nitrogens with zero attached hydrogens (tertiary/aromatic N) is 1. The second-order valence-electron chi connectivity index (χ2n) is 7.74. The van der Waals surface area contributed by atoms with Gasteiger partial charge < -0.3 is 20.3 Å². The summed E-state index contributed by atoms with van der Waals surface area (Å²) < 4.78 is 5.31. The first-order chi connectivity index (χ1) is 14.8. The zero-order valence-corrected chi connectivity index (χ0v) is 17.3. The molecule has 4 rings (SSSR count). The van der Waals surface area contributed by atoms with Crippen LogP contribution < -0.4 is 15.5 Å². The first kappa shape index (κ1) is 20.6. The predicted molar refractivity (Wildman–Crippen MR) is 115 cm³/mol. The van der Waals surface area contributed by atoms with Crippen LogP contribution in [0.3, 0.4) is 0 Å². The Hall–Kier alpha value is -3.68. The number of nitrogens with one attached hydrogen (secondary N) is 2. The van der Waals surface area contributed by atoms with Crippen molar-refractivity contribution in [1.82, 2.24) is 0 Å². The van der Waals surface area contributed by atoms with Crippen LogP contribution in [0.5, 0.6) is 0 Å². The van der Waals surface area contributed by atoms with Crippen molar-refractivity contribution < 1.29 is 23.9 Å². The molecule has 2 heterocycles. The summed E-state index contributed by atoms with van der Waals surface area (Å²) in [4.78, 5) is 50.6. The lowest BCUT2D eigenvalue weighted by molar-refractivity contribution is -0.123. The normalized spacial score (nSPS) is 17.8. The molecule has 0 saturated carbocycles. The highest BCUT2D eigenvalue weighted by Gasteiger charge is 2.36. The van der Waals surface area contributed by atoms with Crippen LogP contribution in [0.25, 0.3) is 0 Å². The number of fused-ring (bicyclic) bond motifs is 3. The summed E-state index contributed by atoms with van der Waals surface area (Å²) in [6.45, 7) is 3.75. The number of carbonyl (C=O) groups is 4. The molecule has 0 spiro atoms. The number of Topliss-reactive ketones (excluding diaryl/α,β-unsaturated/α-hetero) is 1. The average Bonchev–Trinajstić information content (AvgIpc) is 3.24. The molecule has 8 nitrogen and oxygen atoms in total. The molecule has 2 atom stereocenters. The SMILES string of the molecule is CC(=O)c1ccc(NC(=O)[C@H](C)OC(=O)c2ccc3c(c2)NC(=O)[C@@H]2CCCN32)cc1. The highest BCUT2D eigenvalue weighted by Crippen LogP contribution is 2.37. The molecule has 0 bridgehead atoms. The van der Waals surface area contributed by atoms with E-state index in [-0.39, 0.29) is 23.3 Å². The summed E-state index contributed by atoms with van der Waals surface area (Å²) >= 11 is 0. The van der Waals surface area contributed by atoms with Crippen LogP contribution in [0.1, 0.15) is 47.4 Å². The maximum atomic E-state index is 12.6. The minimum Gasteiger partial charge on any atom is -0.449 e. The number of hydrogen-bond donors (Lipinski definition) is 2. The summed E-state index contributed by atoms with van der Waals surface area (Å²) in [6.07, 6.45) is 0.735. The molecular weight excluding hydrogens is 398 g/mol. The number of rotatable bonds is 5. The lowest BCUT2D eigenvalue weighted by Crippen LogP contribution is -2.43. The summed E-state index contributed by atoms with van der Waals surface area (Å²) in [5, 5.41) is 5.51. The average molecular weight is 421 g/mol. The molecule has 2 aromatic rings. The fraction of sp³-hybridized carbons (Fsp3) is 0.304. The number of benzene rings is 2. The molecule has 31 heavy (non-hydrogen) atoms. The van der Waals surface area contributed by atoms with Crippen molar-refractivity contribution in [3.63, 3.8) is 0 Å². The van der Waals surface area contributed by atoms with E-state index in [1.165, 1.54) is 13.8 Å². The van der Waals surface area contributed by atoms with Gasteiger partial charge in [0, 0.05) is 17.8 Å². The number of ether oxygens (including phenoxy) is 1. The summed E-state index contributed by atoms with van der Waals surface area (Å²) in [7, 11) is 0. The number of hydrogen-bond acceptors (Lipinski definition) is 6. The first-order valence-corrected chi connectivity index (χ1v) is 10.2. The van der Waals surface area contributed by atoms with Crippen molar-refractivity contribution in [1.29, 1.82) is 0 Å². The molecule has 2 amide bonds. The van der Waals surface area contributed by atoms with Crippen molar-refractivity contribution in [3.05, 3.63) is 53.6 Å². The minimum absolute atomic E-state index is 0.0679. The van der Waals surface area contributed by atoms with Crippen LogP contribution in [-0.2, 0) is 14.3 Å². The summed E-state index contributed by atoms with van der Waals surface area (Å²) in [5.74, 6) is -1.29. The molecule has 8 heteroatoms. The van der Waals surface area contributed by atoms with Gasteiger partial charge in [0.2, 0.25) is 5.91 Å². The quantitative estimate of drug-likeness (QED) is 0.568. The van der Waals surface area contributed by atoms with E-state index in [1.54, 1.807) is 42.5 Å². The van der Waals surface area contributed by atoms with Crippen molar-refractivity contribution in [3.8, 4) is 0 Å². The predicted octanol–water partition coefficient (Wildman–Crippen LogP) is 2.99. The van der Waals surface area contributed by atoms with Crippen LogP contribution in [0, 0.1) is 0 Å². The first-order valence-electron chi connectivity index (χ1n) is 10.2. The second-order valence-corrected chi connectivity index (χ2v) is 7.74. The Morgan fingerprint density at radius 3 is 2.55 bits per heavy atom. The zero-order valence-electron chi connectivity index (χ0n) is 17.3. The van der Waals surface area contributed by atoms with Gasteiger partial charge in [-0.1, -0.05) is 0 Å². The largest absolute Gasteiger partial charge is 0.449 e. The fourth-order valence-corrected chi connectivity index (χ4v) is 3.87. The Labute approximate surface area is 179 Å². The van der Waals surface area contributed by atoms with E-state index < -0.39 is 18.0 Å². The molecule has 2 aliphatic heterocycles. The Morgan fingerprint density at radius 1 is 1.13 bits per heavy atom. The molecule has 0 aliphatic carbocycles. The Balaban J connectivity index is 1.41. The highest BCUT2D eigenvalue weighted by atomic mass is 16.5. The van der Waals surface area contributed by atoms with Gasteiger partial charge in [-0.25, -0.2) is 4.79 Å². The maximum absolute atomic E-state index is 12.6. The molecule has 1 fully saturated rings. The number of carbonyl (C=O) groups excluding carboxylic acids is 4. The van der Waals surface area contributed by atoms with Gasteiger partial charge in [-0.05, 0) is 69.2 Å². The molecule has 0 radical (unpaired) electrons. The minimum atomic E-state index is -1.03. The van der Waals surface area contributed by atoms with E-state index in [1.807, 2.05) is 0 Å². The summed E-state index contributed by atoms with van der Waals surface area (Å²) in [6, 6.07) is 11.3. The molecule has 0 unspecified atom stereocenters. The molecule has 2 aliphatic rings. The van der Waals surface area contributed by atoms with E-state index >= 15 is 0 Å². The van der Waals surface area contributed by atoms with E-state index in [4.69, 9.17) is 4.74 Å². The smallest absolute Gasteiger partial charge is 0.338 e. The van der Waals surface area contributed by atoms with Gasteiger partial charge in [-0.15, -0.1) is 0 Å². The van der Waals surface area contributed by atoms with E-state index in [0.29, 0.717) is 16.9 Å². The van der Waals surface area contributed by atoms with Gasteiger partial charge in [-0.2, -0.15) is 0 Å². The van der Waals surface area contributed by atoms with Crippen molar-refractivity contribution in [2.75, 3.05) is 22.1 Å². The Morgan fingerprint density at radius 2 is 1.84 bits per heavy atom. The molecule has 2 N–H and O–H groups in total. The van der Waals surface area contributed by atoms with Crippen LogP contribution >= 0.6 is 0 Å². The standard InChI is InChI=1S/C23H23N3O5/c1-13(27)15-5-8-17(9-6-15)24-21(28)14(2)31-23(30)16-7-10-19-18(12-16)25-22(29)20-4-3-11-26(19)20/h5-10,12,14,20H,3-4,11H2,1-2H3,(H,24,28)(H,25,29)/t14-,20-/m0/s1. The molecular formula is C23H23N3O5. The number of amides is 2. The summed E-state index contributed by atoms with van der Waals surface area (Å²) in [5.41, 5.74) is 2.74. The van der Waals surface area contributed by atoms with E-state index in [0.717, 1.165) is 25.1 Å². The van der Waals surface area contributed by atoms with E-state index in [2.05, 4.69) is 15.5 Å². The number of ketones is 1.